The third-order valence-electron chi connectivity index (χ3n) is 6.85. The zero-order chi connectivity index (χ0) is 33.5. The van der Waals surface area contributed by atoms with Crippen LogP contribution < -0.4 is 4.74 Å². The number of carbonyl (C=O) groups is 4. The molecule has 0 saturated carbocycles. The summed E-state index contributed by atoms with van der Waals surface area (Å²) in [5.74, 6) is -1.33. The molecule has 0 aromatic heterocycles. The van der Waals surface area contributed by atoms with E-state index in [9.17, 15) is 19.2 Å². The summed E-state index contributed by atoms with van der Waals surface area (Å²) in [5, 5.41) is 0. The fourth-order valence-corrected chi connectivity index (χ4v) is 4.84. The van der Waals surface area contributed by atoms with Gasteiger partial charge in [-0.05, 0) is 64.3 Å². The molecule has 3 aromatic carbocycles. The topological polar surface area (TPSA) is 118 Å². The molecule has 0 spiro atoms. The lowest BCUT2D eigenvalue weighted by atomic mass is 9.89. The molecule has 0 fully saturated rings. The maximum Gasteiger partial charge on any atom is 0.420 e. The molecule has 244 valence electrons. The van der Waals surface area contributed by atoms with Gasteiger partial charge in [0.1, 0.15) is 36.2 Å². The van der Waals surface area contributed by atoms with Crippen LogP contribution >= 0.6 is 0 Å². The van der Waals surface area contributed by atoms with Crippen LogP contribution in [-0.4, -0.2) is 51.9 Å². The quantitative estimate of drug-likeness (QED) is 0.186. The molecule has 10 nitrogen and oxygen atoms in total. The van der Waals surface area contributed by atoms with Gasteiger partial charge >= 0.3 is 24.1 Å². The Morgan fingerprint density at radius 3 is 1.70 bits per heavy atom. The second-order valence-electron chi connectivity index (χ2n) is 13.1. The van der Waals surface area contributed by atoms with Gasteiger partial charge in [-0.15, -0.1) is 0 Å². The van der Waals surface area contributed by atoms with E-state index in [0.717, 1.165) is 5.56 Å². The van der Waals surface area contributed by atoms with Crippen molar-refractivity contribution >= 4 is 24.1 Å². The lowest BCUT2D eigenvalue weighted by Gasteiger charge is -2.36. The number of nitrogens with zero attached hydrogens (tertiary/aromatic N) is 1. The molecule has 0 aliphatic carbocycles. The molecule has 10 heteroatoms. The highest BCUT2D eigenvalue weighted by molar-refractivity contribution is 5.95. The van der Waals surface area contributed by atoms with Crippen molar-refractivity contribution in [1.29, 1.82) is 0 Å². The van der Waals surface area contributed by atoms with Gasteiger partial charge in [0.05, 0.1) is 0 Å². The number of para-hydroxylation sites is 1. The summed E-state index contributed by atoms with van der Waals surface area (Å²) in [7, 11) is 0. The molecule has 1 heterocycles. The highest BCUT2D eigenvalue weighted by Crippen LogP contribution is 2.40. The number of amides is 2. The predicted molar refractivity (Wildman–Crippen MR) is 169 cm³/mol. The van der Waals surface area contributed by atoms with E-state index >= 15 is 0 Å². The first-order chi connectivity index (χ1) is 21.7. The molecular weight excluding hydrogens is 590 g/mol. The number of esters is 2. The molecule has 0 N–H and O–H groups in total. The van der Waals surface area contributed by atoms with Gasteiger partial charge in [-0.2, -0.15) is 4.90 Å². The summed E-state index contributed by atoms with van der Waals surface area (Å²) in [6.07, 6.45) is -2.78. The number of rotatable bonds is 9. The third-order valence-corrected chi connectivity index (χ3v) is 6.85. The highest BCUT2D eigenvalue weighted by atomic mass is 16.6. The summed E-state index contributed by atoms with van der Waals surface area (Å²) >= 11 is 0. The number of hydrogen-bond donors (Lipinski definition) is 0. The van der Waals surface area contributed by atoms with Crippen molar-refractivity contribution < 1.29 is 42.9 Å². The van der Waals surface area contributed by atoms with Gasteiger partial charge in [0, 0.05) is 12.8 Å². The van der Waals surface area contributed by atoms with Crippen molar-refractivity contribution in [3.8, 4) is 5.75 Å². The van der Waals surface area contributed by atoms with Crippen LogP contribution in [0.3, 0.4) is 0 Å². The second kappa shape index (κ2) is 14.1. The summed E-state index contributed by atoms with van der Waals surface area (Å²) in [4.78, 5) is 56.0. The van der Waals surface area contributed by atoms with Crippen molar-refractivity contribution in [1.82, 2.24) is 4.90 Å². The Balaban J connectivity index is 1.76. The first-order valence-corrected chi connectivity index (χ1v) is 15.1. The van der Waals surface area contributed by atoms with Crippen molar-refractivity contribution in [3.05, 3.63) is 102 Å². The molecule has 2 atom stereocenters. The normalized spacial score (nSPS) is 16.3. The number of fused-ring (bicyclic) bond motifs is 1. The van der Waals surface area contributed by atoms with Crippen LogP contribution in [-0.2, 0) is 48.2 Å². The molecule has 3 aromatic rings. The first-order valence-electron chi connectivity index (χ1n) is 15.1. The van der Waals surface area contributed by atoms with E-state index in [-0.39, 0.29) is 19.6 Å². The molecule has 0 saturated heterocycles. The van der Waals surface area contributed by atoms with Gasteiger partial charge in [-0.1, -0.05) is 78.9 Å². The molecule has 1 aliphatic heterocycles. The van der Waals surface area contributed by atoms with Crippen molar-refractivity contribution in [2.45, 2.75) is 90.4 Å². The number of benzene rings is 3. The molecule has 0 unspecified atom stereocenters. The zero-order valence-corrected chi connectivity index (χ0v) is 27.1. The molecule has 1 aliphatic rings. The fraction of sp³-hybridized carbons (Fsp3) is 0.389. The van der Waals surface area contributed by atoms with Gasteiger partial charge in [0.25, 0.3) is 0 Å². The maximum absolute atomic E-state index is 14.0. The monoisotopic (exact) mass is 631 g/mol. The second-order valence-corrected chi connectivity index (χ2v) is 13.1. The zero-order valence-electron chi connectivity index (χ0n) is 27.1. The minimum Gasteiger partial charge on any atom is -0.475 e. The minimum atomic E-state index is -1.81. The van der Waals surface area contributed by atoms with Crippen LogP contribution in [0.5, 0.6) is 5.75 Å². The van der Waals surface area contributed by atoms with E-state index < -0.39 is 53.4 Å². The van der Waals surface area contributed by atoms with E-state index in [2.05, 4.69) is 0 Å². The van der Waals surface area contributed by atoms with Crippen molar-refractivity contribution in [2.24, 2.45) is 0 Å². The number of imide groups is 1. The minimum absolute atomic E-state index is 0.00966. The van der Waals surface area contributed by atoms with E-state index in [1.807, 2.05) is 24.3 Å². The van der Waals surface area contributed by atoms with Crippen LogP contribution in [0.1, 0.15) is 64.7 Å². The van der Waals surface area contributed by atoms with Gasteiger partial charge in [-0.3, -0.25) is 0 Å². The van der Waals surface area contributed by atoms with Crippen LogP contribution in [0.25, 0.3) is 0 Å². The molecule has 0 radical (unpaired) electrons. The van der Waals surface area contributed by atoms with Gasteiger partial charge in [-0.25, -0.2) is 19.2 Å². The molecule has 2 amide bonds. The summed E-state index contributed by atoms with van der Waals surface area (Å²) in [6, 6.07) is 23.4. The molecule has 46 heavy (non-hydrogen) atoms. The van der Waals surface area contributed by atoms with E-state index in [1.165, 1.54) is 0 Å². The first kappa shape index (κ1) is 34.0. The predicted octanol–water partition coefficient (Wildman–Crippen LogP) is 6.78. The highest BCUT2D eigenvalue weighted by Gasteiger charge is 2.54. The Morgan fingerprint density at radius 1 is 0.717 bits per heavy atom. The van der Waals surface area contributed by atoms with E-state index in [1.54, 1.807) is 102 Å². The third kappa shape index (κ3) is 9.09. The average Bonchev–Trinajstić information content (AvgIpc) is 3.37. The molecule has 0 bridgehead atoms. The van der Waals surface area contributed by atoms with Crippen LogP contribution in [0, 0.1) is 0 Å². The Morgan fingerprint density at radius 2 is 1.20 bits per heavy atom. The van der Waals surface area contributed by atoms with Gasteiger partial charge < -0.3 is 23.7 Å². The molecular formula is C36H41NO9. The van der Waals surface area contributed by atoms with Crippen LogP contribution in [0.2, 0.25) is 0 Å². The van der Waals surface area contributed by atoms with Gasteiger partial charge in [0.2, 0.25) is 5.60 Å². The Bertz CT molecular complexity index is 1470. The Hall–Kier alpha value is -4.86. The summed E-state index contributed by atoms with van der Waals surface area (Å²) < 4.78 is 28.9. The lowest BCUT2D eigenvalue weighted by Crippen LogP contribution is -2.57. The smallest absolute Gasteiger partial charge is 0.420 e. The number of carbonyl (C=O) groups excluding carboxylic acids is 4. The van der Waals surface area contributed by atoms with Crippen molar-refractivity contribution in [2.75, 3.05) is 0 Å². The molecule has 4 rings (SSSR count). The summed E-state index contributed by atoms with van der Waals surface area (Å²) in [6.45, 7) is 9.53. The fourth-order valence-electron chi connectivity index (χ4n) is 4.84. The van der Waals surface area contributed by atoms with Crippen LogP contribution in [0.4, 0.5) is 9.59 Å². The van der Waals surface area contributed by atoms with Crippen LogP contribution in [0.15, 0.2) is 84.9 Å². The summed E-state index contributed by atoms with van der Waals surface area (Å²) in [5.41, 5.74) is -1.78. The number of hydrogen-bond acceptors (Lipinski definition) is 9. The Labute approximate surface area is 269 Å². The number of ether oxygens (including phenoxy) is 5. The van der Waals surface area contributed by atoms with Crippen molar-refractivity contribution in [3.63, 3.8) is 0 Å². The van der Waals surface area contributed by atoms with Gasteiger partial charge in [0.15, 0.2) is 0 Å². The van der Waals surface area contributed by atoms with E-state index in [4.69, 9.17) is 23.7 Å². The standard InChI is InChI=1S/C36H41NO9/c1-34(2,3)45-32(40)37(33(41)46-35(4,5)6)28(30(38)42-23-25-15-9-7-10-16-25)22-36(21-27-19-13-14-20-29(27)44-36)31(39)43-24-26-17-11-8-12-18-26/h7-20,28H,21-24H2,1-6H3/t28-,36-/m0/s1. The van der Waals surface area contributed by atoms with E-state index in [0.29, 0.717) is 21.8 Å². The lowest BCUT2D eigenvalue weighted by molar-refractivity contribution is -0.167. The maximum atomic E-state index is 14.0. The SMILES string of the molecule is CC(C)(C)OC(=O)N(C(=O)OC(C)(C)C)[C@@H](C[C@]1(C(=O)OCc2ccccc2)Cc2ccccc2O1)C(=O)OCc1ccccc1. The Kier molecular flexibility index (Phi) is 10.4. The largest absolute Gasteiger partial charge is 0.475 e. The average molecular weight is 632 g/mol.